The first-order valence-electron chi connectivity index (χ1n) is 9.60. The minimum Gasteiger partial charge on any atom is -0.490 e. The van der Waals surface area contributed by atoms with Gasteiger partial charge < -0.3 is 14.8 Å². The number of benzene rings is 3. The highest BCUT2D eigenvalue weighted by Crippen LogP contribution is 2.37. The smallest absolute Gasteiger partial charge is 0.180 e. The van der Waals surface area contributed by atoms with Crippen molar-refractivity contribution in [1.82, 2.24) is 0 Å². The SMILES string of the molecule is CCOc1cc(CNc2ccc(C)c(C)c2)cc(Cl)c1OCc1ccccc1F. The minimum atomic E-state index is -0.309. The molecule has 0 atom stereocenters. The van der Waals surface area contributed by atoms with Crippen LogP contribution in [0.2, 0.25) is 5.02 Å². The summed E-state index contributed by atoms with van der Waals surface area (Å²) in [5.74, 6) is 0.663. The molecule has 0 amide bonds. The Morgan fingerprint density at radius 2 is 1.76 bits per heavy atom. The highest BCUT2D eigenvalue weighted by molar-refractivity contribution is 6.32. The van der Waals surface area contributed by atoms with Crippen molar-refractivity contribution in [2.24, 2.45) is 0 Å². The monoisotopic (exact) mass is 413 g/mol. The maximum absolute atomic E-state index is 13.9. The lowest BCUT2D eigenvalue weighted by molar-refractivity contribution is 0.266. The molecule has 0 aliphatic heterocycles. The number of aryl methyl sites for hydroxylation is 2. The summed E-state index contributed by atoms with van der Waals surface area (Å²) in [7, 11) is 0. The number of halogens is 2. The Hall–Kier alpha value is -2.72. The summed E-state index contributed by atoms with van der Waals surface area (Å²) in [6, 6.07) is 16.5. The van der Waals surface area contributed by atoms with E-state index in [4.69, 9.17) is 21.1 Å². The predicted octanol–water partition coefficient (Wildman–Crippen LogP) is 6.69. The van der Waals surface area contributed by atoms with E-state index in [0.29, 0.717) is 35.2 Å². The summed E-state index contributed by atoms with van der Waals surface area (Å²) < 4.78 is 25.4. The summed E-state index contributed by atoms with van der Waals surface area (Å²) in [5, 5.41) is 3.84. The fraction of sp³-hybridized carbons (Fsp3) is 0.250. The van der Waals surface area contributed by atoms with Gasteiger partial charge in [-0.15, -0.1) is 0 Å². The molecule has 0 fully saturated rings. The molecule has 0 saturated carbocycles. The van der Waals surface area contributed by atoms with Crippen LogP contribution in [0.15, 0.2) is 54.6 Å². The summed E-state index contributed by atoms with van der Waals surface area (Å²) >= 11 is 6.48. The van der Waals surface area contributed by atoms with Crippen LogP contribution >= 0.6 is 11.6 Å². The van der Waals surface area contributed by atoms with E-state index in [1.165, 1.54) is 17.2 Å². The van der Waals surface area contributed by atoms with E-state index < -0.39 is 0 Å². The summed E-state index contributed by atoms with van der Waals surface area (Å²) in [4.78, 5) is 0. The Labute approximate surface area is 176 Å². The largest absolute Gasteiger partial charge is 0.490 e. The second kappa shape index (κ2) is 9.66. The van der Waals surface area contributed by atoms with Crippen LogP contribution in [0.4, 0.5) is 10.1 Å². The molecule has 152 valence electrons. The highest BCUT2D eigenvalue weighted by Gasteiger charge is 2.14. The first kappa shape index (κ1) is 21.0. The van der Waals surface area contributed by atoms with E-state index in [9.17, 15) is 4.39 Å². The standard InChI is InChI=1S/C24H25ClFNO2/c1-4-28-23-13-18(14-27-20-10-9-16(2)17(3)11-20)12-21(25)24(23)29-15-19-7-5-6-8-22(19)26/h5-13,27H,4,14-15H2,1-3H3. The second-order valence-electron chi connectivity index (χ2n) is 6.87. The van der Waals surface area contributed by atoms with Gasteiger partial charge in [-0.05, 0) is 67.8 Å². The molecular formula is C24H25ClFNO2. The molecule has 5 heteroatoms. The van der Waals surface area contributed by atoms with Crippen LogP contribution in [0.3, 0.4) is 0 Å². The normalized spacial score (nSPS) is 10.7. The highest BCUT2D eigenvalue weighted by atomic mass is 35.5. The first-order valence-corrected chi connectivity index (χ1v) is 9.98. The number of hydrogen-bond donors (Lipinski definition) is 1. The Balaban J connectivity index is 1.76. The third kappa shape index (κ3) is 5.42. The zero-order chi connectivity index (χ0) is 20.8. The van der Waals surface area contributed by atoms with Crippen molar-refractivity contribution in [2.45, 2.75) is 33.9 Å². The van der Waals surface area contributed by atoms with Crippen molar-refractivity contribution in [3.63, 3.8) is 0 Å². The number of rotatable bonds is 8. The molecule has 3 nitrogen and oxygen atoms in total. The predicted molar refractivity (Wildman–Crippen MR) is 117 cm³/mol. The molecule has 0 aromatic heterocycles. The van der Waals surface area contributed by atoms with Gasteiger partial charge in [-0.3, -0.25) is 0 Å². The van der Waals surface area contributed by atoms with Crippen molar-refractivity contribution in [1.29, 1.82) is 0 Å². The van der Waals surface area contributed by atoms with E-state index in [1.807, 2.05) is 19.1 Å². The van der Waals surface area contributed by atoms with Gasteiger partial charge in [0, 0.05) is 17.8 Å². The second-order valence-corrected chi connectivity index (χ2v) is 7.28. The minimum absolute atomic E-state index is 0.0761. The van der Waals surface area contributed by atoms with Gasteiger partial charge in [0.2, 0.25) is 0 Å². The Morgan fingerprint density at radius 3 is 2.48 bits per heavy atom. The van der Waals surface area contributed by atoms with Crippen molar-refractivity contribution in [3.8, 4) is 11.5 Å². The van der Waals surface area contributed by atoms with Gasteiger partial charge in [-0.2, -0.15) is 0 Å². The Kier molecular flexibility index (Phi) is 6.99. The molecule has 3 aromatic rings. The lowest BCUT2D eigenvalue weighted by Gasteiger charge is -2.16. The first-order chi connectivity index (χ1) is 14.0. The molecule has 0 unspecified atom stereocenters. The Morgan fingerprint density at radius 1 is 0.966 bits per heavy atom. The van der Waals surface area contributed by atoms with E-state index >= 15 is 0 Å². The topological polar surface area (TPSA) is 30.5 Å². The number of ether oxygens (including phenoxy) is 2. The summed E-state index contributed by atoms with van der Waals surface area (Å²) in [6.45, 7) is 7.22. The maximum Gasteiger partial charge on any atom is 0.180 e. The zero-order valence-corrected chi connectivity index (χ0v) is 17.6. The van der Waals surface area contributed by atoms with E-state index in [1.54, 1.807) is 18.2 Å². The van der Waals surface area contributed by atoms with Crippen molar-refractivity contribution in [3.05, 3.63) is 87.7 Å². The fourth-order valence-electron chi connectivity index (χ4n) is 2.95. The quantitative estimate of drug-likeness (QED) is 0.446. The average Bonchev–Trinajstić information content (AvgIpc) is 2.70. The molecule has 0 radical (unpaired) electrons. The van der Waals surface area contributed by atoms with Crippen molar-refractivity contribution in [2.75, 3.05) is 11.9 Å². The molecule has 0 saturated heterocycles. The molecule has 0 aliphatic carbocycles. The van der Waals surface area contributed by atoms with Gasteiger partial charge in [-0.1, -0.05) is 35.9 Å². The molecular weight excluding hydrogens is 389 g/mol. The zero-order valence-electron chi connectivity index (χ0n) is 16.9. The van der Waals surface area contributed by atoms with Gasteiger partial charge in [-0.25, -0.2) is 4.39 Å². The van der Waals surface area contributed by atoms with Gasteiger partial charge >= 0.3 is 0 Å². The molecule has 0 aliphatic rings. The van der Waals surface area contributed by atoms with Crippen LogP contribution in [-0.4, -0.2) is 6.61 Å². The van der Waals surface area contributed by atoms with Gasteiger partial charge in [0.25, 0.3) is 0 Å². The molecule has 0 heterocycles. The van der Waals surface area contributed by atoms with Crippen molar-refractivity contribution < 1.29 is 13.9 Å². The molecule has 3 aromatic carbocycles. The van der Waals surface area contributed by atoms with Gasteiger partial charge in [0.15, 0.2) is 11.5 Å². The summed E-state index contributed by atoms with van der Waals surface area (Å²) in [5.41, 5.74) is 4.97. The molecule has 1 N–H and O–H groups in total. The number of hydrogen-bond acceptors (Lipinski definition) is 3. The van der Waals surface area contributed by atoms with Crippen LogP contribution in [0, 0.1) is 19.7 Å². The average molecular weight is 414 g/mol. The van der Waals surface area contributed by atoms with Gasteiger partial charge in [0.1, 0.15) is 12.4 Å². The van der Waals surface area contributed by atoms with Crippen LogP contribution in [0.1, 0.15) is 29.2 Å². The van der Waals surface area contributed by atoms with E-state index in [0.717, 1.165) is 11.3 Å². The Bertz CT molecular complexity index is 991. The fourth-order valence-corrected chi connectivity index (χ4v) is 3.24. The van der Waals surface area contributed by atoms with Crippen LogP contribution in [0.25, 0.3) is 0 Å². The molecule has 0 spiro atoms. The lowest BCUT2D eigenvalue weighted by atomic mass is 10.1. The van der Waals surface area contributed by atoms with Crippen molar-refractivity contribution >= 4 is 17.3 Å². The molecule has 29 heavy (non-hydrogen) atoms. The molecule has 0 bridgehead atoms. The number of nitrogens with one attached hydrogen (secondary N) is 1. The summed E-state index contributed by atoms with van der Waals surface area (Å²) in [6.07, 6.45) is 0. The maximum atomic E-state index is 13.9. The van der Waals surface area contributed by atoms with Crippen LogP contribution in [0.5, 0.6) is 11.5 Å². The van der Waals surface area contributed by atoms with Gasteiger partial charge in [0.05, 0.1) is 11.6 Å². The third-order valence-corrected chi connectivity index (χ3v) is 4.98. The van der Waals surface area contributed by atoms with E-state index in [2.05, 4.69) is 37.4 Å². The molecule has 3 rings (SSSR count). The van der Waals surface area contributed by atoms with Crippen LogP contribution < -0.4 is 14.8 Å². The van der Waals surface area contributed by atoms with E-state index in [-0.39, 0.29) is 12.4 Å². The van der Waals surface area contributed by atoms with Crippen LogP contribution in [-0.2, 0) is 13.2 Å². The lowest BCUT2D eigenvalue weighted by Crippen LogP contribution is -2.04. The third-order valence-electron chi connectivity index (χ3n) is 4.70. The number of anilines is 1.